The van der Waals surface area contributed by atoms with Crippen molar-refractivity contribution in [2.75, 3.05) is 0 Å². The van der Waals surface area contributed by atoms with E-state index >= 15 is 0 Å². The van der Waals surface area contributed by atoms with Crippen molar-refractivity contribution in [2.45, 2.75) is 85.4 Å². The van der Waals surface area contributed by atoms with Gasteiger partial charge >= 0.3 is 0 Å². The van der Waals surface area contributed by atoms with Crippen molar-refractivity contribution in [2.24, 2.45) is 5.92 Å². The molecular weight excluding hydrogens is 292 g/mol. The lowest BCUT2D eigenvalue weighted by Crippen LogP contribution is -2.32. The Morgan fingerprint density at radius 2 is 1.87 bits per heavy atom. The summed E-state index contributed by atoms with van der Waals surface area (Å²) in [5.74, 6) is -0.586. The van der Waals surface area contributed by atoms with Gasteiger partial charge in [-0.1, -0.05) is 40.0 Å². The van der Waals surface area contributed by atoms with Crippen LogP contribution in [0.2, 0.25) is 0 Å². The number of aliphatic hydroxyl groups is 1. The van der Waals surface area contributed by atoms with Gasteiger partial charge in [-0.2, -0.15) is 0 Å². The van der Waals surface area contributed by atoms with Crippen LogP contribution in [0.4, 0.5) is 0 Å². The summed E-state index contributed by atoms with van der Waals surface area (Å²) >= 11 is 0. The molecule has 0 aliphatic rings. The molecule has 0 amide bonds. The number of carbonyl (C=O) groups is 1. The van der Waals surface area contributed by atoms with E-state index in [4.69, 9.17) is 5.11 Å². The van der Waals surface area contributed by atoms with Crippen LogP contribution in [0.5, 0.6) is 0 Å². The van der Waals surface area contributed by atoms with Crippen molar-refractivity contribution in [3.63, 3.8) is 0 Å². The Labute approximate surface area is 141 Å². The second kappa shape index (κ2) is 13.1. The standard InChI is InChI=1S/C15H29N2.C3H6O3/c1-4-7-9-15(6-3)13-17-12-11-16(14-17)10-8-5-2;1-2(4)3(5)6/h11-12,14-15H,4-10,13H2,1-3H3;2,4H,1H3,(H,5,6)/q+1;/p-1. The van der Waals surface area contributed by atoms with Gasteiger partial charge in [0.2, 0.25) is 6.33 Å². The predicted molar refractivity (Wildman–Crippen MR) is 89.5 cm³/mol. The highest BCUT2D eigenvalue weighted by Crippen LogP contribution is 2.14. The van der Waals surface area contributed by atoms with Crippen molar-refractivity contribution in [1.82, 2.24) is 4.57 Å². The van der Waals surface area contributed by atoms with Crippen molar-refractivity contribution in [1.29, 1.82) is 0 Å². The zero-order valence-corrected chi connectivity index (χ0v) is 15.2. The van der Waals surface area contributed by atoms with E-state index in [1.54, 1.807) is 0 Å². The maximum Gasteiger partial charge on any atom is 0.243 e. The Balaban J connectivity index is 0.000000688. The van der Waals surface area contributed by atoms with Crippen molar-refractivity contribution in [3.8, 4) is 0 Å². The molecule has 0 saturated heterocycles. The molecular formula is C18H34N2O3. The summed E-state index contributed by atoms with van der Waals surface area (Å²) in [5, 5.41) is 17.3. The number of imidazole rings is 1. The third-order valence-electron chi connectivity index (χ3n) is 3.87. The number of rotatable bonds is 10. The van der Waals surface area contributed by atoms with E-state index in [-0.39, 0.29) is 0 Å². The number of aliphatic carboxylic acids is 1. The van der Waals surface area contributed by atoms with E-state index in [1.165, 1.54) is 45.1 Å². The number of nitrogens with zero attached hydrogens (tertiary/aromatic N) is 2. The molecule has 5 heteroatoms. The second-order valence-corrected chi connectivity index (χ2v) is 6.11. The molecule has 1 N–H and O–H groups in total. The van der Waals surface area contributed by atoms with Gasteiger partial charge in [0, 0.05) is 0 Å². The molecule has 0 aromatic carbocycles. The summed E-state index contributed by atoms with van der Waals surface area (Å²) in [6, 6.07) is 0. The number of hydrogen-bond donors (Lipinski definition) is 1. The maximum atomic E-state index is 9.34. The summed E-state index contributed by atoms with van der Waals surface area (Å²) in [6.45, 7) is 10.3. The molecule has 0 aliphatic carbocycles. The van der Waals surface area contributed by atoms with Crippen molar-refractivity contribution in [3.05, 3.63) is 18.7 Å². The van der Waals surface area contributed by atoms with E-state index in [0.717, 1.165) is 19.4 Å². The third-order valence-corrected chi connectivity index (χ3v) is 3.87. The molecule has 5 nitrogen and oxygen atoms in total. The monoisotopic (exact) mass is 326 g/mol. The molecule has 2 unspecified atom stereocenters. The molecule has 1 aromatic rings. The number of unbranched alkanes of at least 4 members (excludes halogenated alkanes) is 2. The fraction of sp³-hybridized carbons (Fsp3) is 0.778. The Bertz CT molecular complexity index is 416. The molecule has 0 fully saturated rings. The Hall–Kier alpha value is -1.36. The van der Waals surface area contributed by atoms with Gasteiger partial charge in [0.05, 0.1) is 25.2 Å². The lowest BCUT2D eigenvalue weighted by Gasteiger charge is -2.11. The fourth-order valence-corrected chi connectivity index (χ4v) is 2.24. The highest BCUT2D eigenvalue weighted by atomic mass is 16.4. The SMILES string of the molecule is CC(O)C(=O)[O-].CCCCC(CC)Cn1cc[n+](CCCC)c1. The zero-order valence-electron chi connectivity index (χ0n) is 15.2. The minimum absolute atomic E-state index is 0.849. The average molecular weight is 326 g/mol. The highest BCUT2D eigenvalue weighted by molar-refractivity contribution is 5.68. The summed E-state index contributed by atoms with van der Waals surface area (Å²) in [4.78, 5) is 9.34. The average Bonchev–Trinajstić information content (AvgIpc) is 2.97. The van der Waals surface area contributed by atoms with E-state index in [9.17, 15) is 9.90 Å². The first-order valence-electron chi connectivity index (χ1n) is 8.88. The van der Waals surface area contributed by atoms with Crippen LogP contribution in [-0.2, 0) is 17.9 Å². The van der Waals surface area contributed by atoms with Crippen molar-refractivity contribution < 1.29 is 19.6 Å². The first kappa shape index (κ1) is 21.6. The van der Waals surface area contributed by atoms with Crippen LogP contribution in [0.1, 0.15) is 66.2 Å². The predicted octanol–water partition coefficient (Wildman–Crippen LogP) is 1.91. The molecule has 1 heterocycles. The third kappa shape index (κ3) is 10.9. The summed E-state index contributed by atoms with van der Waals surface area (Å²) in [6.07, 6.45) is 13.3. The van der Waals surface area contributed by atoms with Crippen LogP contribution in [0.3, 0.4) is 0 Å². The fourth-order valence-electron chi connectivity index (χ4n) is 2.24. The molecule has 0 bridgehead atoms. The smallest absolute Gasteiger partial charge is 0.243 e. The molecule has 1 aromatic heterocycles. The molecule has 0 radical (unpaired) electrons. The number of aromatic nitrogens is 2. The van der Waals surface area contributed by atoms with E-state index in [1.807, 2.05) is 0 Å². The lowest BCUT2D eigenvalue weighted by molar-refractivity contribution is -0.696. The molecule has 23 heavy (non-hydrogen) atoms. The van der Waals surface area contributed by atoms with Crippen LogP contribution >= 0.6 is 0 Å². The molecule has 134 valence electrons. The van der Waals surface area contributed by atoms with Gasteiger partial charge in [-0.3, -0.25) is 0 Å². The largest absolute Gasteiger partial charge is 0.547 e. The number of carboxylic acid groups (broad SMARTS) is 1. The first-order valence-corrected chi connectivity index (χ1v) is 8.88. The number of carbonyl (C=O) groups excluding carboxylic acids is 1. The minimum Gasteiger partial charge on any atom is -0.547 e. The number of aryl methyl sites for hydroxylation is 1. The van der Waals surface area contributed by atoms with Gasteiger partial charge < -0.3 is 15.0 Å². The molecule has 1 rings (SSSR count). The summed E-state index contributed by atoms with van der Waals surface area (Å²) in [7, 11) is 0. The highest BCUT2D eigenvalue weighted by Gasteiger charge is 2.11. The maximum absolute atomic E-state index is 9.34. The van der Waals surface area contributed by atoms with Crippen LogP contribution in [0, 0.1) is 5.92 Å². The van der Waals surface area contributed by atoms with Gasteiger partial charge in [-0.25, -0.2) is 9.13 Å². The number of aliphatic hydroxyl groups excluding tert-OH is 1. The zero-order chi connectivity index (χ0) is 17.7. The summed E-state index contributed by atoms with van der Waals surface area (Å²) in [5.41, 5.74) is 0. The Morgan fingerprint density at radius 1 is 1.26 bits per heavy atom. The quantitative estimate of drug-likeness (QED) is 0.668. The van der Waals surface area contributed by atoms with Crippen LogP contribution < -0.4 is 9.67 Å². The van der Waals surface area contributed by atoms with Gasteiger partial charge in [0.15, 0.2) is 0 Å². The van der Waals surface area contributed by atoms with Gasteiger partial charge in [0.25, 0.3) is 0 Å². The molecule has 2 atom stereocenters. The Kier molecular flexibility index (Phi) is 12.3. The van der Waals surface area contributed by atoms with E-state index in [0.29, 0.717) is 0 Å². The van der Waals surface area contributed by atoms with Crippen molar-refractivity contribution >= 4 is 5.97 Å². The Morgan fingerprint density at radius 3 is 2.35 bits per heavy atom. The molecule has 0 aliphatic heterocycles. The summed E-state index contributed by atoms with van der Waals surface area (Å²) < 4.78 is 4.68. The van der Waals surface area contributed by atoms with Crippen LogP contribution in [0.15, 0.2) is 18.7 Å². The van der Waals surface area contributed by atoms with Gasteiger partial charge in [0.1, 0.15) is 12.4 Å². The number of hydrogen-bond acceptors (Lipinski definition) is 3. The second-order valence-electron chi connectivity index (χ2n) is 6.11. The topological polar surface area (TPSA) is 69.2 Å². The molecule has 0 saturated carbocycles. The van der Waals surface area contributed by atoms with E-state index in [2.05, 4.69) is 48.6 Å². The van der Waals surface area contributed by atoms with E-state index < -0.39 is 12.1 Å². The number of carboxylic acids is 1. The minimum atomic E-state index is -1.44. The van der Waals surface area contributed by atoms with Gasteiger partial charge in [-0.05, 0) is 32.1 Å². The van der Waals surface area contributed by atoms with Crippen LogP contribution in [-0.4, -0.2) is 21.7 Å². The first-order chi connectivity index (χ1) is 10.9. The van der Waals surface area contributed by atoms with Gasteiger partial charge in [-0.15, -0.1) is 0 Å². The lowest BCUT2D eigenvalue weighted by atomic mass is 9.99. The molecule has 0 spiro atoms. The normalized spacial score (nSPS) is 13.1. The van der Waals surface area contributed by atoms with Crippen LogP contribution in [0.25, 0.3) is 0 Å².